The Hall–Kier alpha value is -1.07. The number of benzene rings is 1. The molecule has 0 aliphatic carbocycles. The van der Waals surface area contributed by atoms with Gasteiger partial charge in [0.25, 0.3) is 0 Å². The third-order valence-corrected chi connectivity index (χ3v) is 2.66. The van der Waals surface area contributed by atoms with Crippen LogP contribution in [0.15, 0.2) is 24.3 Å². The Bertz CT molecular complexity index is 363. The molecule has 0 aromatic heterocycles. The van der Waals surface area contributed by atoms with Crippen molar-refractivity contribution in [2.24, 2.45) is 0 Å². The summed E-state index contributed by atoms with van der Waals surface area (Å²) >= 11 is 0. The topological polar surface area (TPSA) is 32.3 Å². The highest BCUT2D eigenvalue weighted by atomic mass is 19.4. The molecule has 0 fully saturated rings. The number of hydrogen-bond acceptors (Lipinski definition) is 2. The SMILES string of the molecule is CC(O)C(C)NCc1ccccc1C(F)(F)F. The molecule has 96 valence electrons. The first-order valence-corrected chi connectivity index (χ1v) is 5.39. The number of nitrogens with one attached hydrogen (secondary N) is 1. The van der Waals surface area contributed by atoms with Crippen molar-refractivity contribution in [1.29, 1.82) is 0 Å². The summed E-state index contributed by atoms with van der Waals surface area (Å²) in [5.74, 6) is 0. The van der Waals surface area contributed by atoms with Gasteiger partial charge in [0.2, 0.25) is 0 Å². The predicted molar refractivity (Wildman–Crippen MR) is 59.4 cm³/mol. The molecule has 0 saturated carbocycles. The van der Waals surface area contributed by atoms with E-state index in [1.165, 1.54) is 12.1 Å². The average molecular weight is 247 g/mol. The van der Waals surface area contributed by atoms with Crippen molar-refractivity contribution < 1.29 is 18.3 Å². The quantitative estimate of drug-likeness (QED) is 0.857. The lowest BCUT2D eigenvalue weighted by Crippen LogP contribution is -2.35. The fourth-order valence-electron chi connectivity index (χ4n) is 1.39. The van der Waals surface area contributed by atoms with Gasteiger partial charge in [-0.25, -0.2) is 0 Å². The smallest absolute Gasteiger partial charge is 0.392 e. The van der Waals surface area contributed by atoms with E-state index in [4.69, 9.17) is 0 Å². The van der Waals surface area contributed by atoms with Crippen LogP contribution in [0.25, 0.3) is 0 Å². The van der Waals surface area contributed by atoms with Gasteiger partial charge in [0.05, 0.1) is 11.7 Å². The summed E-state index contributed by atoms with van der Waals surface area (Å²) < 4.78 is 38.0. The molecular formula is C12H16F3NO. The van der Waals surface area contributed by atoms with Crippen LogP contribution in [0.3, 0.4) is 0 Å². The van der Waals surface area contributed by atoms with Gasteiger partial charge in [-0.1, -0.05) is 18.2 Å². The van der Waals surface area contributed by atoms with Gasteiger partial charge in [-0.15, -0.1) is 0 Å². The van der Waals surface area contributed by atoms with Gasteiger partial charge in [0.1, 0.15) is 0 Å². The second kappa shape index (κ2) is 5.51. The minimum absolute atomic E-state index is 0.0851. The summed E-state index contributed by atoms with van der Waals surface area (Å²) in [4.78, 5) is 0. The van der Waals surface area contributed by atoms with Gasteiger partial charge < -0.3 is 10.4 Å². The molecule has 1 rings (SSSR count). The Kier molecular flexibility index (Phi) is 4.54. The van der Waals surface area contributed by atoms with Gasteiger partial charge in [-0.2, -0.15) is 13.2 Å². The van der Waals surface area contributed by atoms with Gasteiger partial charge >= 0.3 is 6.18 Å². The predicted octanol–water partition coefficient (Wildman–Crippen LogP) is 2.56. The molecule has 0 spiro atoms. The molecule has 1 aromatic rings. The number of aliphatic hydroxyl groups excluding tert-OH is 1. The zero-order chi connectivity index (χ0) is 13.1. The van der Waals surface area contributed by atoms with E-state index in [9.17, 15) is 18.3 Å². The van der Waals surface area contributed by atoms with Crippen molar-refractivity contribution in [3.8, 4) is 0 Å². The largest absolute Gasteiger partial charge is 0.416 e. The molecular weight excluding hydrogens is 231 g/mol. The van der Waals surface area contributed by atoms with Gasteiger partial charge in [0, 0.05) is 12.6 Å². The van der Waals surface area contributed by atoms with E-state index in [2.05, 4.69) is 5.32 Å². The molecule has 1 aromatic carbocycles. The number of aliphatic hydroxyl groups is 1. The summed E-state index contributed by atoms with van der Waals surface area (Å²) in [6.07, 6.45) is -4.94. The van der Waals surface area contributed by atoms with Crippen molar-refractivity contribution in [1.82, 2.24) is 5.32 Å². The zero-order valence-corrected chi connectivity index (χ0v) is 9.75. The molecule has 0 heterocycles. The Labute approximate surface area is 98.5 Å². The van der Waals surface area contributed by atoms with Crippen molar-refractivity contribution in [2.45, 2.75) is 38.7 Å². The zero-order valence-electron chi connectivity index (χ0n) is 9.75. The maximum absolute atomic E-state index is 12.7. The third kappa shape index (κ3) is 4.02. The molecule has 2 unspecified atom stereocenters. The average Bonchev–Trinajstić information content (AvgIpc) is 2.24. The summed E-state index contributed by atoms with van der Waals surface area (Å²) in [7, 11) is 0. The fourth-order valence-corrected chi connectivity index (χ4v) is 1.39. The van der Waals surface area contributed by atoms with Crippen LogP contribution in [-0.2, 0) is 12.7 Å². The van der Waals surface area contributed by atoms with E-state index in [-0.39, 0.29) is 18.2 Å². The molecule has 0 aliphatic rings. The number of alkyl halides is 3. The summed E-state index contributed by atoms with van der Waals surface area (Å²) in [5, 5.41) is 12.1. The second-order valence-electron chi connectivity index (χ2n) is 4.07. The fraction of sp³-hybridized carbons (Fsp3) is 0.500. The molecule has 0 aliphatic heterocycles. The van der Waals surface area contributed by atoms with E-state index in [1.807, 2.05) is 0 Å². The molecule has 2 N–H and O–H groups in total. The Morgan fingerprint density at radius 1 is 1.24 bits per heavy atom. The molecule has 0 bridgehead atoms. The van der Waals surface area contributed by atoms with Crippen molar-refractivity contribution in [3.05, 3.63) is 35.4 Å². The second-order valence-corrected chi connectivity index (χ2v) is 4.07. The minimum Gasteiger partial charge on any atom is -0.392 e. The van der Waals surface area contributed by atoms with E-state index in [1.54, 1.807) is 19.9 Å². The first-order valence-electron chi connectivity index (χ1n) is 5.39. The summed E-state index contributed by atoms with van der Waals surface area (Å²) in [6.45, 7) is 3.40. The van der Waals surface area contributed by atoms with Gasteiger partial charge in [0.15, 0.2) is 0 Å². The van der Waals surface area contributed by atoms with Gasteiger partial charge in [-0.05, 0) is 25.5 Å². The highest BCUT2D eigenvalue weighted by molar-refractivity contribution is 5.29. The van der Waals surface area contributed by atoms with Crippen LogP contribution >= 0.6 is 0 Å². The van der Waals surface area contributed by atoms with E-state index in [0.717, 1.165) is 6.07 Å². The Morgan fingerprint density at radius 2 is 1.82 bits per heavy atom. The standard InChI is InChI=1S/C12H16F3NO/c1-8(9(2)17)16-7-10-5-3-4-6-11(10)12(13,14)15/h3-6,8-9,16-17H,7H2,1-2H3. The van der Waals surface area contributed by atoms with Crippen LogP contribution in [0.5, 0.6) is 0 Å². The first kappa shape index (κ1) is 14.0. The molecule has 5 heteroatoms. The summed E-state index contributed by atoms with van der Waals surface area (Å²) in [5.41, 5.74) is -0.446. The molecule has 17 heavy (non-hydrogen) atoms. The molecule has 2 atom stereocenters. The van der Waals surface area contributed by atoms with Crippen LogP contribution in [0.2, 0.25) is 0 Å². The molecule has 0 radical (unpaired) electrons. The van der Waals surface area contributed by atoms with Gasteiger partial charge in [-0.3, -0.25) is 0 Å². The van der Waals surface area contributed by atoms with Crippen molar-refractivity contribution in [2.75, 3.05) is 0 Å². The van der Waals surface area contributed by atoms with E-state index >= 15 is 0 Å². The maximum Gasteiger partial charge on any atom is 0.416 e. The highest BCUT2D eigenvalue weighted by Crippen LogP contribution is 2.31. The third-order valence-electron chi connectivity index (χ3n) is 2.66. The Balaban J connectivity index is 2.78. The van der Waals surface area contributed by atoms with Crippen molar-refractivity contribution in [3.63, 3.8) is 0 Å². The molecule has 0 saturated heterocycles. The van der Waals surface area contributed by atoms with Crippen LogP contribution in [0.4, 0.5) is 13.2 Å². The first-order chi connectivity index (χ1) is 7.82. The maximum atomic E-state index is 12.7. The number of hydrogen-bond donors (Lipinski definition) is 2. The van der Waals surface area contributed by atoms with Crippen LogP contribution in [0, 0.1) is 0 Å². The monoisotopic (exact) mass is 247 g/mol. The number of rotatable bonds is 4. The Morgan fingerprint density at radius 3 is 2.35 bits per heavy atom. The van der Waals surface area contributed by atoms with Crippen LogP contribution in [-0.4, -0.2) is 17.3 Å². The van der Waals surface area contributed by atoms with E-state index in [0.29, 0.717) is 0 Å². The lowest BCUT2D eigenvalue weighted by Gasteiger charge is -2.18. The number of halogens is 3. The molecule has 0 amide bonds. The highest BCUT2D eigenvalue weighted by Gasteiger charge is 2.32. The van der Waals surface area contributed by atoms with Crippen LogP contribution in [0.1, 0.15) is 25.0 Å². The van der Waals surface area contributed by atoms with Crippen LogP contribution < -0.4 is 5.32 Å². The lowest BCUT2D eigenvalue weighted by atomic mass is 10.1. The van der Waals surface area contributed by atoms with Crippen molar-refractivity contribution >= 4 is 0 Å². The lowest BCUT2D eigenvalue weighted by molar-refractivity contribution is -0.138. The summed E-state index contributed by atoms with van der Waals surface area (Å²) in [6, 6.07) is 5.18. The van der Waals surface area contributed by atoms with E-state index < -0.39 is 17.8 Å². The minimum atomic E-state index is -4.34. The normalized spacial score (nSPS) is 15.6. The molecule has 2 nitrogen and oxygen atoms in total.